The Morgan fingerprint density at radius 2 is 1.64 bits per heavy atom. The number of alkyl halides is 3. The Balaban J connectivity index is 1.45. The summed E-state index contributed by atoms with van der Waals surface area (Å²) in [6.07, 6.45) is -2.07. The van der Waals surface area contributed by atoms with Crippen molar-refractivity contribution >= 4 is 6.09 Å². The number of piperidine rings is 1. The number of alkyl carbamates (subject to hydrolysis) is 1. The first-order chi connectivity index (χ1) is 17.3. The third-order valence-electron chi connectivity index (χ3n) is 7.59. The van der Waals surface area contributed by atoms with Crippen LogP contribution in [0.4, 0.5) is 18.0 Å². The number of nitrogens with one attached hydrogen (secondary N) is 1. The summed E-state index contributed by atoms with van der Waals surface area (Å²) in [4.78, 5) is 14.0. The van der Waals surface area contributed by atoms with Crippen LogP contribution in [-0.2, 0) is 17.8 Å². The standard InChI is InChI=1S/C28H35F3N2O3/c29-28(30,31)26-23-14-8-7-13-22(23)15-16-33(26)18-25(34)24(17-20-9-3-1-4-10-20)32-27(35)36-19-21-11-5-2-6-12-21/h1-6,9-12,22-26,34H,7-8,13-19H2,(H,32,35)/t22-,23-,24-,25+,26+/m0/s1. The van der Waals surface area contributed by atoms with Gasteiger partial charge >= 0.3 is 12.3 Å². The van der Waals surface area contributed by atoms with Gasteiger partial charge in [-0.05, 0) is 48.8 Å². The smallest absolute Gasteiger partial charge is 0.407 e. The van der Waals surface area contributed by atoms with Gasteiger partial charge in [-0.3, -0.25) is 4.90 Å². The summed E-state index contributed by atoms with van der Waals surface area (Å²) >= 11 is 0. The number of benzene rings is 2. The number of likely N-dealkylation sites (tertiary alicyclic amines) is 1. The molecular weight excluding hydrogens is 469 g/mol. The molecule has 0 aromatic heterocycles. The highest BCUT2D eigenvalue weighted by Crippen LogP contribution is 2.45. The lowest BCUT2D eigenvalue weighted by atomic mass is 9.70. The fraction of sp³-hybridized carbons (Fsp3) is 0.536. The van der Waals surface area contributed by atoms with Gasteiger partial charge in [0.15, 0.2) is 0 Å². The van der Waals surface area contributed by atoms with Crippen molar-refractivity contribution in [2.75, 3.05) is 13.1 Å². The third-order valence-corrected chi connectivity index (χ3v) is 7.59. The summed E-state index contributed by atoms with van der Waals surface area (Å²) in [6, 6.07) is 16.1. The average molecular weight is 505 g/mol. The summed E-state index contributed by atoms with van der Waals surface area (Å²) < 4.78 is 48.0. The number of fused-ring (bicyclic) bond motifs is 1. The third kappa shape index (κ3) is 7.01. The van der Waals surface area contributed by atoms with Gasteiger partial charge in [0.25, 0.3) is 0 Å². The molecule has 1 aliphatic carbocycles. The minimum absolute atomic E-state index is 0.0617. The molecule has 0 bridgehead atoms. The molecule has 1 amide bonds. The molecule has 8 heteroatoms. The number of hydrogen-bond donors (Lipinski definition) is 2. The number of hydrogen-bond acceptors (Lipinski definition) is 4. The first-order valence-electron chi connectivity index (χ1n) is 12.8. The van der Waals surface area contributed by atoms with Crippen LogP contribution in [0.3, 0.4) is 0 Å². The summed E-state index contributed by atoms with van der Waals surface area (Å²) in [6.45, 7) is 0.189. The lowest BCUT2D eigenvalue weighted by molar-refractivity contribution is -0.219. The minimum atomic E-state index is -4.36. The Labute approximate surface area is 210 Å². The molecular formula is C28H35F3N2O3. The lowest BCUT2D eigenvalue weighted by Crippen LogP contribution is -2.60. The fourth-order valence-corrected chi connectivity index (χ4v) is 5.84. The second kappa shape index (κ2) is 12.1. The van der Waals surface area contributed by atoms with E-state index in [4.69, 9.17) is 4.74 Å². The molecule has 1 heterocycles. The predicted molar refractivity (Wildman–Crippen MR) is 131 cm³/mol. The molecule has 0 unspecified atom stereocenters. The van der Waals surface area contributed by atoms with E-state index in [-0.39, 0.29) is 25.5 Å². The zero-order chi connectivity index (χ0) is 25.5. The number of amides is 1. The van der Waals surface area contributed by atoms with Gasteiger partial charge in [-0.25, -0.2) is 4.79 Å². The number of ether oxygens (including phenoxy) is 1. The topological polar surface area (TPSA) is 61.8 Å². The molecule has 1 aliphatic heterocycles. The number of rotatable bonds is 8. The molecule has 0 radical (unpaired) electrons. The van der Waals surface area contributed by atoms with Crippen molar-refractivity contribution in [3.8, 4) is 0 Å². The van der Waals surface area contributed by atoms with Crippen molar-refractivity contribution in [3.05, 3.63) is 71.8 Å². The Bertz CT molecular complexity index is 958. The van der Waals surface area contributed by atoms with E-state index in [2.05, 4.69) is 5.32 Å². The van der Waals surface area contributed by atoms with E-state index >= 15 is 0 Å². The second-order valence-electron chi connectivity index (χ2n) is 10.0. The van der Waals surface area contributed by atoms with Gasteiger partial charge in [-0.1, -0.05) is 79.9 Å². The molecule has 196 valence electrons. The van der Waals surface area contributed by atoms with Gasteiger partial charge < -0.3 is 15.2 Å². The minimum Gasteiger partial charge on any atom is -0.445 e. The molecule has 36 heavy (non-hydrogen) atoms. The fourth-order valence-electron chi connectivity index (χ4n) is 5.84. The Morgan fingerprint density at radius 3 is 2.31 bits per heavy atom. The van der Waals surface area contributed by atoms with Crippen LogP contribution in [0.25, 0.3) is 0 Å². The van der Waals surface area contributed by atoms with Crippen LogP contribution in [-0.4, -0.2) is 53.6 Å². The summed E-state index contributed by atoms with van der Waals surface area (Å²) in [5.41, 5.74) is 1.68. The number of halogens is 3. The zero-order valence-corrected chi connectivity index (χ0v) is 20.4. The first kappa shape index (κ1) is 26.5. The molecule has 2 aliphatic rings. The maximum atomic E-state index is 14.2. The lowest BCUT2D eigenvalue weighted by Gasteiger charge is -2.49. The van der Waals surface area contributed by atoms with E-state index in [9.17, 15) is 23.1 Å². The van der Waals surface area contributed by atoms with Gasteiger partial charge in [0.1, 0.15) is 12.6 Å². The van der Waals surface area contributed by atoms with Gasteiger partial charge in [-0.2, -0.15) is 13.2 Å². The van der Waals surface area contributed by atoms with Gasteiger partial charge in [-0.15, -0.1) is 0 Å². The van der Waals surface area contributed by atoms with E-state index in [1.54, 1.807) is 0 Å². The van der Waals surface area contributed by atoms with E-state index < -0.39 is 36.4 Å². The molecule has 2 aromatic carbocycles. The van der Waals surface area contributed by atoms with E-state index in [0.29, 0.717) is 19.4 Å². The molecule has 5 atom stereocenters. The molecule has 1 saturated heterocycles. The van der Waals surface area contributed by atoms with Crippen LogP contribution in [0.5, 0.6) is 0 Å². The highest BCUT2D eigenvalue weighted by atomic mass is 19.4. The highest BCUT2D eigenvalue weighted by molar-refractivity contribution is 5.67. The largest absolute Gasteiger partial charge is 0.445 e. The molecule has 2 fully saturated rings. The van der Waals surface area contributed by atoms with E-state index in [0.717, 1.165) is 30.4 Å². The van der Waals surface area contributed by atoms with Crippen LogP contribution in [0.1, 0.15) is 43.2 Å². The molecule has 2 N–H and O–H groups in total. The summed E-state index contributed by atoms with van der Waals surface area (Å²) in [5.74, 6) is -0.346. The van der Waals surface area contributed by atoms with Crippen LogP contribution in [0, 0.1) is 11.8 Å². The molecule has 0 spiro atoms. The SMILES string of the molecule is O=C(N[C@@H](Cc1ccccc1)[C@H](O)CN1CC[C@@H]2CCCC[C@@H]2[C@@H]1C(F)(F)F)OCc1ccccc1. The number of nitrogens with zero attached hydrogens (tertiary/aromatic N) is 1. The van der Waals surface area contributed by atoms with Crippen LogP contribution < -0.4 is 5.32 Å². The number of carbonyl (C=O) groups excluding carboxylic acids is 1. The zero-order valence-electron chi connectivity index (χ0n) is 20.4. The van der Waals surface area contributed by atoms with Crippen molar-refractivity contribution in [1.29, 1.82) is 0 Å². The molecule has 1 saturated carbocycles. The molecule has 5 nitrogen and oxygen atoms in total. The number of aliphatic hydroxyl groups is 1. The number of carbonyl (C=O) groups is 1. The Hall–Kier alpha value is -2.58. The predicted octanol–water partition coefficient (Wildman–Crippen LogP) is 5.33. The van der Waals surface area contributed by atoms with E-state index in [1.807, 2.05) is 60.7 Å². The summed E-state index contributed by atoms with van der Waals surface area (Å²) in [7, 11) is 0. The van der Waals surface area contributed by atoms with Crippen molar-refractivity contribution in [1.82, 2.24) is 10.2 Å². The normalized spacial score (nSPS) is 24.4. The van der Waals surface area contributed by atoms with Crippen molar-refractivity contribution < 1.29 is 27.8 Å². The quantitative estimate of drug-likeness (QED) is 0.510. The Morgan fingerprint density at radius 1 is 1.00 bits per heavy atom. The first-order valence-corrected chi connectivity index (χ1v) is 12.8. The second-order valence-corrected chi connectivity index (χ2v) is 10.0. The van der Waals surface area contributed by atoms with Crippen LogP contribution >= 0.6 is 0 Å². The maximum Gasteiger partial charge on any atom is 0.407 e. The van der Waals surface area contributed by atoms with Crippen molar-refractivity contribution in [2.45, 2.75) is 69.5 Å². The van der Waals surface area contributed by atoms with Crippen LogP contribution in [0.2, 0.25) is 0 Å². The van der Waals surface area contributed by atoms with Gasteiger partial charge in [0.2, 0.25) is 0 Å². The number of aliphatic hydroxyl groups excluding tert-OH is 1. The summed E-state index contributed by atoms with van der Waals surface area (Å²) in [5, 5.41) is 13.9. The van der Waals surface area contributed by atoms with Crippen LogP contribution in [0.15, 0.2) is 60.7 Å². The van der Waals surface area contributed by atoms with Gasteiger partial charge in [0, 0.05) is 6.54 Å². The monoisotopic (exact) mass is 504 g/mol. The molecule has 4 rings (SSSR count). The Kier molecular flexibility index (Phi) is 8.90. The highest BCUT2D eigenvalue weighted by Gasteiger charge is 2.53. The maximum absolute atomic E-state index is 14.2. The van der Waals surface area contributed by atoms with Gasteiger partial charge in [0.05, 0.1) is 12.1 Å². The average Bonchev–Trinajstić information content (AvgIpc) is 2.87. The molecule has 2 aromatic rings. The van der Waals surface area contributed by atoms with Crippen molar-refractivity contribution in [2.24, 2.45) is 11.8 Å². The number of β-amino-alcohol motifs (C(OH)–C–C–N with tert-alkyl or cyclic N) is 1. The van der Waals surface area contributed by atoms with E-state index in [1.165, 1.54) is 4.90 Å². The van der Waals surface area contributed by atoms with Crippen molar-refractivity contribution in [3.63, 3.8) is 0 Å².